The van der Waals surface area contributed by atoms with Crippen molar-refractivity contribution in [3.05, 3.63) is 0 Å². The van der Waals surface area contributed by atoms with Crippen molar-refractivity contribution in [2.24, 2.45) is 0 Å². The predicted molar refractivity (Wildman–Crippen MR) is 32.6 cm³/mol. The molecule has 1 amide bonds. The van der Waals surface area contributed by atoms with E-state index in [4.69, 9.17) is 0 Å². The Hall–Kier alpha value is -0.570. The largest absolute Gasteiger partial charge is 0.412 e. The summed E-state index contributed by atoms with van der Waals surface area (Å²) >= 11 is 0. The first-order valence-electron chi connectivity index (χ1n) is 2.51. The van der Waals surface area contributed by atoms with Crippen LogP contribution in [0.15, 0.2) is 0 Å². The standard InChI is InChI=1S/C5H11NO.H2O/c1-3-4-5(7)6-2;/h3-4H2,1-2H3,(H,6,7);1H2. The molecule has 0 aliphatic carbocycles. The summed E-state index contributed by atoms with van der Waals surface area (Å²) in [5.74, 6) is 0.127. The van der Waals surface area contributed by atoms with Gasteiger partial charge in [-0.3, -0.25) is 4.79 Å². The molecule has 0 aliphatic heterocycles. The minimum Gasteiger partial charge on any atom is -0.412 e. The molecule has 0 unspecified atom stereocenters. The molecule has 0 radical (unpaired) electrons. The number of amides is 1. The minimum atomic E-state index is 0. The molecule has 0 fully saturated rings. The SMILES string of the molecule is CCCC(=O)NC.O. The van der Waals surface area contributed by atoms with E-state index in [2.05, 4.69) is 5.32 Å². The Morgan fingerprint density at radius 3 is 2.25 bits per heavy atom. The summed E-state index contributed by atoms with van der Waals surface area (Å²) in [6.45, 7) is 1.98. The van der Waals surface area contributed by atoms with E-state index >= 15 is 0 Å². The van der Waals surface area contributed by atoms with Crippen molar-refractivity contribution in [2.45, 2.75) is 19.8 Å². The van der Waals surface area contributed by atoms with Gasteiger partial charge in [-0.1, -0.05) is 6.92 Å². The summed E-state index contributed by atoms with van der Waals surface area (Å²) in [4.78, 5) is 10.3. The van der Waals surface area contributed by atoms with E-state index < -0.39 is 0 Å². The predicted octanol–water partition coefficient (Wildman–Crippen LogP) is -0.292. The second-order valence-corrected chi connectivity index (χ2v) is 1.42. The van der Waals surface area contributed by atoms with Crippen molar-refractivity contribution in [1.29, 1.82) is 0 Å². The molecule has 0 heterocycles. The normalized spacial score (nSPS) is 7.25. The third kappa shape index (κ3) is 5.43. The lowest BCUT2D eigenvalue weighted by atomic mass is 10.3. The molecule has 3 N–H and O–H groups in total. The van der Waals surface area contributed by atoms with E-state index in [1.165, 1.54) is 0 Å². The van der Waals surface area contributed by atoms with Crippen LogP contribution in [-0.2, 0) is 4.79 Å². The Kier molecular flexibility index (Phi) is 8.37. The van der Waals surface area contributed by atoms with Gasteiger partial charge in [-0.25, -0.2) is 0 Å². The highest BCUT2D eigenvalue weighted by atomic mass is 16.1. The van der Waals surface area contributed by atoms with Gasteiger partial charge in [0, 0.05) is 13.5 Å². The molecule has 0 aromatic carbocycles. The van der Waals surface area contributed by atoms with Gasteiger partial charge in [0.15, 0.2) is 0 Å². The van der Waals surface area contributed by atoms with Gasteiger partial charge in [-0.15, -0.1) is 0 Å². The van der Waals surface area contributed by atoms with Crippen LogP contribution in [0, 0.1) is 0 Å². The summed E-state index contributed by atoms with van der Waals surface area (Å²) < 4.78 is 0. The molecule has 0 saturated heterocycles. The third-order valence-electron chi connectivity index (χ3n) is 0.756. The maximum atomic E-state index is 10.3. The van der Waals surface area contributed by atoms with E-state index in [1.807, 2.05) is 6.92 Å². The van der Waals surface area contributed by atoms with E-state index in [0.29, 0.717) is 6.42 Å². The van der Waals surface area contributed by atoms with Crippen molar-refractivity contribution in [3.63, 3.8) is 0 Å². The third-order valence-corrected chi connectivity index (χ3v) is 0.756. The Morgan fingerprint density at radius 1 is 1.62 bits per heavy atom. The van der Waals surface area contributed by atoms with Gasteiger partial charge in [0.05, 0.1) is 0 Å². The summed E-state index contributed by atoms with van der Waals surface area (Å²) in [5, 5.41) is 2.53. The van der Waals surface area contributed by atoms with Crippen molar-refractivity contribution < 1.29 is 10.3 Å². The topological polar surface area (TPSA) is 60.6 Å². The average Bonchev–Trinajstić information content (AvgIpc) is 1.68. The number of carbonyl (C=O) groups is 1. The van der Waals surface area contributed by atoms with Gasteiger partial charge in [0.1, 0.15) is 0 Å². The Bertz CT molecular complexity index is 63.4. The molecular formula is C5H13NO2. The first-order valence-corrected chi connectivity index (χ1v) is 2.51. The number of carbonyl (C=O) groups excluding carboxylic acids is 1. The fourth-order valence-electron chi connectivity index (χ4n) is 0.352. The maximum absolute atomic E-state index is 10.3. The van der Waals surface area contributed by atoms with Crippen LogP contribution in [0.25, 0.3) is 0 Å². The quantitative estimate of drug-likeness (QED) is 0.533. The van der Waals surface area contributed by atoms with Crippen LogP contribution < -0.4 is 5.32 Å². The van der Waals surface area contributed by atoms with E-state index in [0.717, 1.165) is 6.42 Å². The highest BCUT2D eigenvalue weighted by Crippen LogP contribution is 1.82. The molecule has 8 heavy (non-hydrogen) atoms. The van der Waals surface area contributed by atoms with Crippen LogP contribution in [0.3, 0.4) is 0 Å². The number of nitrogens with one attached hydrogen (secondary N) is 1. The molecule has 0 atom stereocenters. The van der Waals surface area contributed by atoms with Crippen molar-refractivity contribution in [1.82, 2.24) is 5.32 Å². The lowest BCUT2D eigenvalue weighted by molar-refractivity contribution is -0.120. The molecule has 3 heteroatoms. The van der Waals surface area contributed by atoms with Crippen LogP contribution in [0.1, 0.15) is 19.8 Å². The zero-order valence-corrected chi connectivity index (χ0v) is 5.32. The first kappa shape index (κ1) is 10.4. The molecule has 0 bridgehead atoms. The molecule has 0 spiro atoms. The lowest BCUT2D eigenvalue weighted by Crippen LogP contribution is -2.16. The van der Waals surface area contributed by atoms with Gasteiger partial charge >= 0.3 is 0 Å². The molecule has 50 valence electrons. The maximum Gasteiger partial charge on any atom is 0.219 e. The van der Waals surface area contributed by atoms with Gasteiger partial charge < -0.3 is 10.8 Å². The zero-order valence-electron chi connectivity index (χ0n) is 5.32. The molecule has 0 aromatic heterocycles. The van der Waals surface area contributed by atoms with Crippen molar-refractivity contribution >= 4 is 5.91 Å². The molecular weight excluding hydrogens is 106 g/mol. The van der Waals surface area contributed by atoms with E-state index in [1.54, 1.807) is 7.05 Å². The zero-order chi connectivity index (χ0) is 5.70. The second kappa shape index (κ2) is 6.43. The van der Waals surface area contributed by atoms with Crippen LogP contribution in [-0.4, -0.2) is 18.4 Å². The van der Waals surface area contributed by atoms with Gasteiger partial charge in [0.2, 0.25) is 5.91 Å². The number of hydrogen-bond donors (Lipinski definition) is 1. The van der Waals surface area contributed by atoms with Gasteiger partial charge in [-0.05, 0) is 6.42 Å². The molecule has 0 aliphatic rings. The van der Waals surface area contributed by atoms with Crippen LogP contribution in [0.5, 0.6) is 0 Å². The number of rotatable bonds is 2. The average molecular weight is 119 g/mol. The van der Waals surface area contributed by atoms with E-state index in [-0.39, 0.29) is 11.4 Å². The summed E-state index contributed by atoms with van der Waals surface area (Å²) in [5.41, 5.74) is 0. The van der Waals surface area contributed by atoms with Gasteiger partial charge in [0.25, 0.3) is 0 Å². The fraction of sp³-hybridized carbons (Fsp3) is 0.800. The summed E-state index contributed by atoms with van der Waals surface area (Å²) in [6.07, 6.45) is 1.58. The van der Waals surface area contributed by atoms with Crippen LogP contribution in [0.2, 0.25) is 0 Å². The van der Waals surface area contributed by atoms with Crippen LogP contribution in [0.4, 0.5) is 0 Å². The second-order valence-electron chi connectivity index (χ2n) is 1.42. The Labute approximate surface area is 49.4 Å². The smallest absolute Gasteiger partial charge is 0.219 e. The highest BCUT2D eigenvalue weighted by molar-refractivity contribution is 5.75. The summed E-state index contributed by atoms with van der Waals surface area (Å²) in [6, 6.07) is 0. The fourth-order valence-corrected chi connectivity index (χ4v) is 0.352. The van der Waals surface area contributed by atoms with Crippen LogP contribution >= 0.6 is 0 Å². The Balaban J connectivity index is 0. The molecule has 0 aromatic rings. The molecule has 3 nitrogen and oxygen atoms in total. The number of hydrogen-bond acceptors (Lipinski definition) is 1. The highest BCUT2D eigenvalue weighted by Gasteiger charge is 1.89. The van der Waals surface area contributed by atoms with Crippen molar-refractivity contribution in [3.8, 4) is 0 Å². The van der Waals surface area contributed by atoms with Gasteiger partial charge in [-0.2, -0.15) is 0 Å². The summed E-state index contributed by atoms with van der Waals surface area (Å²) in [7, 11) is 1.65. The molecule has 0 saturated carbocycles. The van der Waals surface area contributed by atoms with Crippen molar-refractivity contribution in [2.75, 3.05) is 7.05 Å². The first-order chi connectivity index (χ1) is 3.31. The van der Waals surface area contributed by atoms with E-state index in [9.17, 15) is 4.79 Å². The lowest BCUT2D eigenvalue weighted by Gasteiger charge is -1.91. The molecule has 0 rings (SSSR count). The monoisotopic (exact) mass is 119 g/mol. The Morgan fingerprint density at radius 2 is 2.12 bits per heavy atom. The minimum absolute atomic E-state index is 0.